The van der Waals surface area contributed by atoms with Gasteiger partial charge in [0, 0.05) is 124 Å². The third kappa shape index (κ3) is 16.5. The fourth-order valence-electron chi connectivity index (χ4n) is 21.2. The number of carbonyl (C=O) groups is 4. The summed E-state index contributed by atoms with van der Waals surface area (Å²) in [7, 11) is 0. The molecule has 8 aliphatic rings. The van der Waals surface area contributed by atoms with Crippen LogP contribution in [0, 0.1) is 55.8 Å². The molecule has 141 heavy (non-hydrogen) atoms. The van der Waals surface area contributed by atoms with Gasteiger partial charge in [-0.3, -0.25) is 62.2 Å². The highest BCUT2D eigenvalue weighted by molar-refractivity contribution is 6.34. The summed E-state index contributed by atoms with van der Waals surface area (Å²) < 4.78 is 88.3. The Balaban J connectivity index is 0.000000140. The molecule has 1 saturated carbocycles. The monoisotopic (exact) mass is 1940 g/mol. The molecule has 0 spiro atoms. The van der Waals surface area contributed by atoms with E-state index >= 15 is 36.3 Å². The van der Waals surface area contributed by atoms with Crippen molar-refractivity contribution in [2.45, 2.75) is 176 Å². The number of benzene rings is 3. The molecule has 732 valence electrons. The van der Waals surface area contributed by atoms with Crippen molar-refractivity contribution in [3.63, 3.8) is 0 Å². The normalized spacial score (nSPS) is 18.8. The summed E-state index contributed by atoms with van der Waals surface area (Å²) in [4.78, 5) is 143. The number of hydrogen-bond acceptors (Lipinski definition) is 22. The summed E-state index contributed by atoms with van der Waals surface area (Å²) in [6.07, 6.45) is 10.4. The highest BCUT2D eigenvalue weighted by Crippen LogP contribution is 2.52. The Morgan fingerprint density at radius 3 is 1.12 bits per heavy atom. The number of phenols is 3. The lowest BCUT2D eigenvalue weighted by Gasteiger charge is -2.54. The van der Waals surface area contributed by atoms with Crippen LogP contribution < -0.4 is 46.1 Å². The molecule has 20 rings (SSSR count). The van der Waals surface area contributed by atoms with Crippen LogP contribution in [0.15, 0.2) is 162 Å². The molecule has 12 aromatic rings. The number of aryl methyl sites for hydroxylation is 3. The molecule has 5 fully saturated rings. The van der Waals surface area contributed by atoms with Gasteiger partial charge in [-0.15, -0.1) is 0 Å². The van der Waals surface area contributed by atoms with E-state index in [9.17, 15) is 34.5 Å². The molecule has 29 nitrogen and oxygen atoms in total. The van der Waals surface area contributed by atoms with E-state index in [1.54, 1.807) is 62.5 Å². The van der Waals surface area contributed by atoms with Crippen molar-refractivity contribution in [1.29, 1.82) is 0 Å². The minimum absolute atomic E-state index is 0.0338. The van der Waals surface area contributed by atoms with Crippen LogP contribution in [-0.2, 0) is 23.9 Å². The van der Waals surface area contributed by atoms with E-state index < -0.39 is 68.7 Å². The lowest BCUT2D eigenvalue weighted by Crippen LogP contribution is -2.67. The Hall–Kier alpha value is -14.4. The number of rotatable bonds is 15. The molecule has 7 aliphatic heterocycles. The van der Waals surface area contributed by atoms with Crippen LogP contribution in [0.25, 0.3) is 83.9 Å². The summed E-state index contributed by atoms with van der Waals surface area (Å²) in [5, 5.41) is 33.3. The van der Waals surface area contributed by atoms with Gasteiger partial charge in [-0.2, -0.15) is 0 Å². The Kier molecular flexibility index (Phi) is 25.8. The number of nitrogens with zero attached hydrogens (tertiary/aromatic N) is 18. The van der Waals surface area contributed by atoms with Crippen molar-refractivity contribution >= 4 is 102 Å². The lowest BCUT2D eigenvalue weighted by molar-refractivity contribution is -0.129. The highest BCUT2D eigenvalue weighted by atomic mass is 35.5. The SMILES string of the molecule is C=CC(=O)N1CC2CN(C(=O)C3CC3)c3c(c4cc(Cl)c(-c5c(O)cccc5F)nc4n(-c4c(C)ccnc4C(C)C)c3=O)N2CC1C.C=CC(=O)N1CC2CN(C(C)C)c3c(c4cc(F)c(-c5c(O)cccc5F)nc4n(-c4c(C)ccnc4C(C)C)c3=O)N2CC1C.C=CC(=O)N1CC2CN(C3COC3)c3c(c4cc(F)c(-c5c(O)cccc5F)nc4n(-c4c(C)ccnc4C(C)C)c3=O)N2CC1C. The summed E-state index contributed by atoms with van der Waals surface area (Å²) in [6, 6.07) is 19.3. The predicted molar refractivity (Wildman–Crippen MR) is 535 cm³/mol. The second-order valence-corrected chi connectivity index (χ2v) is 39.3. The largest absolute Gasteiger partial charge is 0.507 e. The summed E-state index contributed by atoms with van der Waals surface area (Å²) in [5.41, 5.74) is 5.61. The predicted octanol–water partition coefficient (Wildman–Crippen LogP) is 16.1. The number of carbonyl (C=O) groups excluding carboxylic acids is 4. The van der Waals surface area contributed by atoms with Crippen LogP contribution in [-0.4, -0.2) is 218 Å². The van der Waals surface area contributed by atoms with E-state index in [0.717, 1.165) is 41.7 Å². The molecule has 4 saturated heterocycles. The second kappa shape index (κ2) is 37.6. The Morgan fingerprint density at radius 1 is 0.418 bits per heavy atom. The number of ether oxygens (including phenoxy) is 1. The van der Waals surface area contributed by atoms with Gasteiger partial charge in [0.1, 0.15) is 63.2 Å². The highest BCUT2D eigenvalue weighted by Gasteiger charge is 2.51. The number of anilines is 6. The van der Waals surface area contributed by atoms with E-state index in [4.69, 9.17) is 21.3 Å². The number of fused-ring (bicyclic) bond motifs is 15. The molecule has 4 amide bonds. The van der Waals surface area contributed by atoms with Crippen molar-refractivity contribution in [3.05, 3.63) is 246 Å². The molecule has 9 aromatic heterocycles. The average molecular weight is 1940 g/mol. The minimum atomic E-state index is -0.855. The molecule has 0 bridgehead atoms. The van der Waals surface area contributed by atoms with Crippen molar-refractivity contribution in [1.82, 2.24) is 58.3 Å². The van der Waals surface area contributed by atoms with Gasteiger partial charge in [0.15, 0.2) is 28.6 Å². The molecule has 16 heterocycles. The number of aromatic hydroxyl groups is 3. The molecule has 1 aliphatic carbocycles. The molecule has 3 aromatic carbocycles. The maximum Gasteiger partial charge on any atom is 0.283 e. The third-order valence-electron chi connectivity index (χ3n) is 28.3. The van der Waals surface area contributed by atoms with Gasteiger partial charge >= 0.3 is 0 Å². The fraction of sp³-hybridized carbons (Fsp3) is 0.368. The molecular formula is C106H110ClF5N18O11. The number of piperazine rings is 3. The third-order valence-corrected chi connectivity index (χ3v) is 28.6. The maximum atomic E-state index is 16.3. The van der Waals surface area contributed by atoms with E-state index in [1.165, 1.54) is 86.5 Å². The quantitative estimate of drug-likeness (QED) is 0.0634. The Labute approximate surface area is 815 Å². The average Bonchev–Trinajstić information content (AvgIpc) is 1.35. The smallest absolute Gasteiger partial charge is 0.283 e. The summed E-state index contributed by atoms with van der Waals surface area (Å²) in [6.45, 7) is 42.4. The van der Waals surface area contributed by atoms with E-state index in [0.29, 0.717) is 144 Å². The van der Waals surface area contributed by atoms with Gasteiger partial charge in [0.25, 0.3) is 16.7 Å². The van der Waals surface area contributed by atoms with E-state index in [2.05, 4.69) is 59.4 Å². The van der Waals surface area contributed by atoms with E-state index in [1.807, 2.05) is 107 Å². The molecular weight excluding hydrogens is 1830 g/mol. The zero-order chi connectivity index (χ0) is 101. The van der Waals surface area contributed by atoms with Crippen LogP contribution in [0.1, 0.15) is 141 Å². The minimum Gasteiger partial charge on any atom is -0.507 e. The first-order chi connectivity index (χ1) is 67.3. The van der Waals surface area contributed by atoms with Gasteiger partial charge in [-0.05, 0) is 194 Å². The van der Waals surface area contributed by atoms with Crippen molar-refractivity contribution in [3.8, 4) is 68.1 Å². The van der Waals surface area contributed by atoms with Gasteiger partial charge in [-0.1, -0.05) is 91.1 Å². The van der Waals surface area contributed by atoms with Crippen molar-refractivity contribution < 1.29 is 61.2 Å². The number of pyridine rings is 9. The lowest BCUT2D eigenvalue weighted by atomic mass is 9.96. The van der Waals surface area contributed by atoms with Crippen molar-refractivity contribution in [2.24, 2.45) is 5.92 Å². The topological polar surface area (TPSA) is 311 Å². The van der Waals surface area contributed by atoms with Gasteiger partial charge < -0.3 is 64.2 Å². The number of aromatic nitrogens is 9. The molecule has 35 heteroatoms. The van der Waals surface area contributed by atoms with Crippen LogP contribution >= 0.6 is 11.6 Å². The van der Waals surface area contributed by atoms with Crippen LogP contribution in [0.2, 0.25) is 5.02 Å². The first-order valence-electron chi connectivity index (χ1n) is 47.5. The molecule has 3 N–H and O–H groups in total. The summed E-state index contributed by atoms with van der Waals surface area (Å²) in [5.74, 6) is -6.59. The van der Waals surface area contributed by atoms with E-state index in [-0.39, 0.29) is 158 Å². The Bertz CT molecular complexity index is 7370. The first-order valence-corrected chi connectivity index (χ1v) is 47.9. The first kappa shape index (κ1) is 96.8. The van der Waals surface area contributed by atoms with Crippen molar-refractivity contribution in [2.75, 3.05) is 102 Å². The fourth-order valence-corrected chi connectivity index (χ4v) is 21.5. The number of hydrogen-bond donors (Lipinski definition) is 3. The standard InChI is InChI=1S/C36H36ClFN6O4.C35H36F2N6O4.C35H38F2N6O3/c1-6-27(46)41-16-22-17-43(35(47)21-10-11-21)33-32(42(22)15-20(41)5)23-14-24(37)30(28-25(38)8-7-9-26(28)45)40-34(23)44(36(33)48)31-19(4)12-13-39-29(31)18(2)3;1-6-27(45)40-14-21-15-42(22-16-47-17-22)33-32(41(21)13-20(40)5)23-12-25(37)30(28-24(36)8-7-9-26(28)44)39-34(23)43(35(33)46)31-19(4)10-11-38-29(31)18(2)3;1-8-27(45)41-17-22-16-40(19(4)5)33-32(42(22)15-21(41)7)23-14-25(37)30(28-24(36)10-9-11-26(28)44)39-34(23)43(35(33)46)31-20(6)12-13-38-29(31)18(2)3/h6-9,12-14,18,20-22,45H,1,10-11,15-17H2,2-5H3;6-12,18,20-22,44H,1,13-17H2,2-5H3;8-14,18-19,21-22,44H,1,15-17H2,2-7H3. The maximum absolute atomic E-state index is 16.3. The number of phenolic OH excluding ortho intramolecular Hbond substituents is 3. The molecule has 6 unspecified atom stereocenters. The second-order valence-electron chi connectivity index (χ2n) is 38.9. The number of amides is 4. The van der Waals surface area contributed by atoms with Gasteiger partial charge in [0.05, 0.1) is 116 Å². The van der Waals surface area contributed by atoms with Gasteiger partial charge in [0.2, 0.25) is 23.6 Å². The summed E-state index contributed by atoms with van der Waals surface area (Å²) >= 11 is 6.92. The van der Waals surface area contributed by atoms with Crippen LogP contribution in [0.5, 0.6) is 17.2 Å². The zero-order valence-corrected chi connectivity index (χ0v) is 81.5. The molecule has 6 atom stereocenters. The number of halogens is 6. The zero-order valence-electron chi connectivity index (χ0n) is 80.8. The van der Waals surface area contributed by atoms with Crippen LogP contribution in [0.3, 0.4) is 0 Å². The molecule has 0 radical (unpaired) electrons. The Morgan fingerprint density at radius 2 is 0.759 bits per heavy atom. The van der Waals surface area contributed by atoms with Crippen LogP contribution in [0.4, 0.5) is 56.1 Å². The van der Waals surface area contributed by atoms with Gasteiger partial charge in [-0.25, -0.2) is 36.9 Å².